The maximum absolute atomic E-state index is 4.34. The Hall–Kier alpha value is -1.75. The molecule has 1 aromatic heterocycles. The molecule has 3 heteroatoms. The van der Waals surface area contributed by atoms with Crippen LogP contribution in [0.3, 0.4) is 0 Å². The molecule has 0 fully saturated rings. The maximum Gasteiger partial charge on any atom is 0.128 e. The summed E-state index contributed by atoms with van der Waals surface area (Å²) in [5.41, 5.74) is 3.83. The summed E-state index contributed by atoms with van der Waals surface area (Å²) >= 11 is 2.22. The fourth-order valence-corrected chi connectivity index (χ4v) is 2.50. The molecule has 0 amide bonds. The minimum atomic E-state index is 0.877. The van der Waals surface area contributed by atoms with E-state index in [1.807, 2.05) is 18.5 Å². The molecule has 104 valence electrons. The predicted molar refractivity (Wildman–Crippen MR) is 94.0 cm³/mol. The number of hydrogen-bond acceptors (Lipinski definition) is 2. The number of hydrogen-bond donors (Lipinski definition) is 0. The summed E-state index contributed by atoms with van der Waals surface area (Å²) in [6.07, 6.45) is 5.57. The lowest BCUT2D eigenvalue weighted by Crippen LogP contribution is -1.98. The first-order valence-electron chi connectivity index (χ1n) is 6.92. The Kier molecular flexibility index (Phi) is 4.60. The molecule has 2 nitrogen and oxygen atoms in total. The summed E-state index contributed by atoms with van der Waals surface area (Å²) < 4.78 is 1.07. The van der Waals surface area contributed by atoms with Gasteiger partial charge in [-0.15, -0.1) is 0 Å². The third-order valence-corrected chi connectivity index (χ3v) is 3.93. The Bertz CT molecular complexity index is 692. The van der Waals surface area contributed by atoms with Crippen LogP contribution in [0.5, 0.6) is 0 Å². The molecule has 0 unspecified atom stereocenters. The Morgan fingerprint density at radius 2 is 1.33 bits per heavy atom. The smallest absolute Gasteiger partial charge is 0.128 e. The van der Waals surface area contributed by atoms with E-state index in [0.717, 1.165) is 22.2 Å². The molecular formula is C18H15IN2. The molecule has 1 heterocycles. The minimum absolute atomic E-state index is 0.877. The average Bonchev–Trinajstić information content (AvgIpc) is 2.56. The Balaban J connectivity index is 1.66. The lowest BCUT2D eigenvalue weighted by molar-refractivity contribution is 0.855. The number of aryl methyl sites for hydroxylation is 2. The lowest BCUT2D eigenvalue weighted by atomic mass is 10.0. The SMILES string of the molecule is Ic1cnc(CCc2ccc(-c3ccccc3)cc2)nc1. The van der Waals surface area contributed by atoms with Gasteiger partial charge in [0.05, 0.1) is 0 Å². The van der Waals surface area contributed by atoms with Crippen molar-refractivity contribution in [2.75, 3.05) is 0 Å². The lowest BCUT2D eigenvalue weighted by Gasteiger charge is -2.04. The second kappa shape index (κ2) is 6.80. The fourth-order valence-electron chi connectivity index (χ4n) is 2.22. The van der Waals surface area contributed by atoms with Crippen molar-refractivity contribution in [1.29, 1.82) is 0 Å². The summed E-state index contributed by atoms with van der Waals surface area (Å²) in [6, 6.07) is 19.2. The van der Waals surface area contributed by atoms with Crippen LogP contribution in [0, 0.1) is 3.57 Å². The van der Waals surface area contributed by atoms with Crippen LogP contribution in [0.4, 0.5) is 0 Å². The van der Waals surface area contributed by atoms with Crippen LogP contribution in [-0.4, -0.2) is 9.97 Å². The molecule has 0 radical (unpaired) electrons. The normalized spacial score (nSPS) is 10.5. The number of benzene rings is 2. The van der Waals surface area contributed by atoms with Gasteiger partial charge in [0.1, 0.15) is 5.82 Å². The Morgan fingerprint density at radius 3 is 2.00 bits per heavy atom. The van der Waals surface area contributed by atoms with Gasteiger partial charge < -0.3 is 0 Å². The van der Waals surface area contributed by atoms with Gasteiger partial charge in [-0.25, -0.2) is 9.97 Å². The molecule has 0 N–H and O–H groups in total. The zero-order valence-corrected chi connectivity index (χ0v) is 13.7. The third-order valence-electron chi connectivity index (χ3n) is 3.37. The summed E-state index contributed by atoms with van der Waals surface area (Å²) in [5, 5.41) is 0. The molecule has 21 heavy (non-hydrogen) atoms. The molecule has 3 aromatic rings. The molecule has 0 saturated heterocycles. The van der Waals surface area contributed by atoms with Crippen molar-refractivity contribution < 1.29 is 0 Å². The summed E-state index contributed by atoms with van der Waals surface area (Å²) in [4.78, 5) is 8.68. The van der Waals surface area contributed by atoms with Crippen LogP contribution in [0.15, 0.2) is 67.0 Å². The van der Waals surface area contributed by atoms with Gasteiger partial charge >= 0.3 is 0 Å². The summed E-state index contributed by atoms with van der Waals surface area (Å²) in [7, 11) is 0. The van der Waals surface area contributed by atoms with Crippen LogP contribution in [-0.2, 0) is 12.8 Å². The van der Waals surface area contributed by atoms with Crippen molar-refractivity contribution in [2.24, 2.45) is 0 Å². The Morgan fingerprint density at radius 1 is 0.714 bits per heavy atom. The van der Waals surface area contributed by atoms with E-state index in [1.54, 1.807) is 0 Å². The van der Waals surface area contributed by atoms with Crippen LogP contribution in [0.2, 0.25) is 0 Å². The molecule has 0 saturated carbocycles. The third kappa shape index (κ3) is 3.88. The van der Waals surface area contributed by atoms with Gasteiger partial charge in [0, 0.05) is 22.4 Å². The van der Waals surface area contributed by atoms with Crippen molar-refractivity contribution in [2.45, 2.75) is 12.8 Å². The zero-order chi connectivity index (χ0) is 14.5. The van der Waals surface area contributed by atoms with E-state index in [0.29, 0.717) is 0 Å². The molecular weight excluding hydrogens is 371 g/mol. The van der Waals surface area contributed by atoms with Crippen molar-refractivity contribution >= 4 is 22.6 Å². The summed E-state index contributed by atoms with van der Waals surface area (Å²) in [5.74, 6) is 0.905. The topological polar surface area (TPSA) is 25.8 Å². The molecule has 0 aliphatic heterocycles. The largest absolute Gasteiger partial charge is 0.240 e. The van der Waals surface area contributed by atoms with Gasteiger partial charge in [0.2, 0.25) is 0 Å². The Labute approximate surface area is 138 Å². The van der Waals surface area contributed by atoms with Gasteiger partial charge in [0.25, 0.3) is 0 Å². The molecule has 0 aliphatic carbocycles. The highest BCUT2D eigenvalue weighted by molar-refractivity contribution is 14.1. The van der Waals surface area contributed by atoms with Crippen molar-refractivity contribution in [3.05, 3.63) is 81.9 Å². The zero-order valence-electron chi connectivity index (χ0n) is 11.5. The van der Waals surface area contributed by atoms with E-state index >= 15 is 0 Å². The summed E-state index contributed by atoms with van der Waals surface area (Å²) in [6.45, 7) is 0. The maximum atomic E-state index is 4.34. The number of halogens is 1. The van der Waals surface area contributed by atoms with Gasteiger partial charge in [-0.05, 0) is 45.7 Å². The second-order valence-corrected chi connectivity index (χ2v) is 6.13. The van der Waals surface area contributed by atoms with Crippen LogP contribution in [0.25, 0.3) is 11.1 Å². The molecule has 3 rings (SSSR count). The highest BCUT2D eigenvalue weighted by atomic mass is 127. The molecule has 0 bridgehead atoms. The van der Waals surface area contributed by atoms with Crippen LogP contribution < -0.4 is 0 Å². The first-order valence-corrected chi connectivity index (χ1v) is 8.00. The fraction of sp³-hybridized carbons (Fsp3) is 0.111. The van der Waals surface area contributed by atoms with Crippen LogP contribution in [0.1, 0.15) is 11.4 Å². The van der Waals surface area contributed by atoms with E-state index in [1.165, 1.54) is 16.7 Å². The number of aromatic nitrogens is 2. The van der Waals surface area contributed by atoms with Crippen LogP contribution >= 0.6 is 22.6 Å². The predicted octanol–water partition coefficient (Wildman–Crippen LogP) is 4.53. The van der Waals surface area contributed by atoms with E-state index in [9.17, 15) is 0 Å². The highest BCUT2D eigenvalue weighted by Gasteiger charge is 2.00. The molecule has 2 aromatic carbocycles. The van der Waals surface area contributed by atoms with Crippen molar-refractivity contribution in [3.8, 4) is 11.1 Å². The number of rotatable bonds is 4. The molecule has 0 atom stereocenters. The quantitative estimate of drug-likeness (QED) is 0.616. The molecule has 0 spiro atoms. The highest BCUT2D eigenvalue weighted by Crippen LogP contribution is 2.19. The van der Waals surface area contributed by atoms with Crippen molar-refractivity contribution in [1.82, 2.24) is 9.97 Å². The second-order valence-electron chi connectivity index (χ2n) is 4.88. The standard InChI is InChI=1S/C18H15IN2/c19-17-12-20-18(21-13-17)11-8-14-6-9-16(10-7-14)15-4-2-1-3-5-15/h1-7,9-10,12-13H,8,11H2. The average molecular weight is 386 g/mol. The van der Waals surface area contributed by atoms with E-state index in [4.69, 9.17) is 0 Å². The van der Waals surface area contributed by atoms with Gasteiger partial charge in [-0.1, -0.05) is 54.6 Å². The van der Waals surface area contributed by atoms with E-state index in [-0.39, 0.29) is 0 Å². The monoisotopic (exact) mass is 386 g/mol. The van der Waals surface area contributed by atoms with Gasteiger partial charge in [-0.3, -0.25) is 0 Å². The minimum Gasteiger partial charge on any atom is -0.240 e. The van der Waals surface area contributed by atoms with E-state index < -0.39 is 0 Å². The van der Waals surface area contributed by atoms with Gasteiger partial charge in [0.15, 0.2) is 0 Å². The number of nitrogens with zero attached hydrogens (tertiary/aromatic N) is 2. The van der Waals surface area contributed by atoms with Crippen molar-refractivity contribution in [3.63, 3.8) is 0 Å². The first kappa shape index (κ1) is 14.2. The van der Waals surface area contributed by atoms with E-state index in [2.05, 4.69) is 81.1 Å². The molecule has 0 aliphatic rings. The first-order chi connectivity index (χ1) is 10.3. The van der Waals surface area contributed by atoms with Gasteiger partial charge in [-0.2, -0.15) is 0 Å².